The molecule has 0 rings (SSSR count). The van der Waals surface area contributed by atoms with Crippen LogP contribution in [0, 0.1) is 5.92 Å². The van der Waals surface area contributed by atoms with E-state index in [1.807, 2.05) is 0 Å². The van der Waals surface area contributed by atoms with Crippen LogP contribution in [0.3, 0.4) is 0 Å². The van der Waals surface area contributed by atoms with Gasteiger partial charge in [-0.3, -0.25) is 0 Å². The van der Waals surface area contributed by atoms with Gasteiger partial charge >= 0.3 is 0 Å². The van der Waals surface area contributed by atoms with Crippen molar-refractivity contribution in [2.24, 2.45) is 0 Å². The Kier molecular flexibility index (Phi) is 6.06. The van der Waals surface area contributed by atoms with Gasteiger partial charge < -0.3 is 4.74 Å². The molecule has 1 heteroatoms. The van der Waals surface area contributed by atoms with Gasteiger partial charge in [-0.2, -0.15) is 0 Å². The van der Waals surface area contributed by atoms with Crippen molar-refractivity contribution in [3.8, 4) is 0 Å². The number of ether oxygens (including phenoxy) is 1. The van der Waals surface area contributed by atoms with Crippen LogP contribution in [0.15, 0.2) is 0 Å². The molecule has 1 radical (unpaired) electrons. The summed E-state index contributed by atoms with van der Waals surface area (Å²) in [5.74, 6) is 1.35. The van der Waals surface area contributed by atoms with Crippen LogP contribution in [0.1, 0.15) is 33.6 Å². The van der Waals surface area contributed by atoms with E-state index in [9.17, 15) is 0 Å². The van der Waals surface area contributed by atoms with E-state index in [0.29, 0.717) is 0 Å². The first-order valence-electron chi connectivity index (χ1n) is 3.64. The zero-order valence-corrected chi connectivity index (χ0v) is 6.74. The predicted molar refractivity (Wildman–Crippen MR) is 40.3 cm³/mol. The Balaban J connectivity index is 2.75. The Morgan fingerprint density at radius 3 is 2.44 bits per heavy atom. The van der Waals surface area contributed by atoms with Crippen molar-refractivity contribution in [1.82, 2.24) is 0 Å². The molecule has 55 valence electrons. The number of hydrogen-bond donors (Lipinski definition) is 0. The molecule has 0 saturated carbocycles. The SMILES string of the molecule is CCCCOC[C](C)C. The molecule has 0 N–H and O–H groups in total. The Morgan fingerprint density at radius 2 is 2.00 bits per heavy atom. The quantitative estimate of drug-likeness (QED) is 0.518. The zero-order valence-electron chi connectivity index (χ0n) is 6.74. The molecule has 0 aromatic heterocycles. The third-order valence-electron chi connectivity index (χ3n) is 1.03. The summed E-state index contributed by atoms with van der Waals surface area (Å²) in [6.07, 6.45) is 2.41. The molecule has 0 saturated heterocycles. The second kappa shape index (κ2) is 6.09. The average molecular weight is 129 g/mol. The highest BCUT2D eigenvalue weighted by atomic mass is 16.5. The van der Waals surface area contributed by atoms with Crippen molar-refractivity contribution in [3.63, 3.8) is 0 Å². The first-order valence-corrected chi connectivity index (χ1v) is 3.64. The van der Waals surface area contributed by atoms with Gasteiger partial charge in [0.05, 0.1) is 6.61 Å². The molecule has 0 aromatic carbocycles. The van der Waals surface area contributed by atoms with Gasteiger partial charge in [-0.25, -0.2) is 0 Å². The highest BCUT2D eigenvalue weighted by Crippen LogP contribution is 1.96. The fraction of sp³-hybridized carbons (Fsp3) is 0.875. The van der Waals surface area contributed by atoms with Gasteiger partial charge in [-0.05, 0) is 12.3 Å². The molecule has 0 heterocycles. The van der Waals surface area contributed by atoms with E-state index in [2.05, 4.69) is 20.8 Å². The second-order valence-corrected chi connectivity index (χ2v) is 2.61. The van der Waals surface area contributed by atoms with E-state index in [4.69, 9.17) is 4.74 Å². The topological polar surface area (TPSA) is 9.23 Å². The summed E-state index contributed by atoms with van der Waals surface area (Å²) in [7, 11) is 0. The molecule has 0 aliphatic rings. The van der Waals surface area contributed by atoms with Crippen LogP contribution in [0.4, 0.5) is 0 Å². The molecular formula is C8H17O. The Labute approximate surface area is 58.4 Å². The molecule has 9 heavy (non-hydrogen) atoms. The summed E-state index contributed by atoms with van der Waals surface area (Å²) in [5, 5.41) is 0. The second-order valence-electron chi connectivity index (χ2n) is 2.61. The lowest BCUT2D eigenvalue weighted by Gasteiger charge is -2.03. The van der Waals surface area contributed by atoms with Crippen molar-refractivity contribution in [2.75, 3.05) is 13.2 Å². The molecule has 0 fully saturated rings. The first kappa shape index (κ1) is 8.96. The molecule has 0 aliphatic heterocycles. The monoisotopic (exact) mass is 129 g/mol. The average Bonchev–Trinajstić information content (AvgIpc) is 1.80. The first-order chi connectivity index (χ1) is 4.27. The van der Waals surface area contributed by atoms with Gasteiger partial charge in [0.2, 0.25) is 0 Å². The number of rotatable bonds is 5. The van der Waals surface area contributed by atoms with Crippen LogP contribution < -0.4 is 0 Å². The lowest BCUT2D eigenvalue weighted by molar-refractivity contribution is 0.142. The fourth-order valence-corrected chi connectivity index (χ4v) is 0.523. The van der Waals surface area contributed by atoms with E-state index >= 15 is 0 Å². The van der Waals surface area contributed by atoms with Crippen molar-refractivity contribution >= 4 is 0 Å². The third-order valence-corrected chi connectivity index (χ3v) is 1.03. The molecule has 1 nitrogen and oxygen atoms in total. The zero-order chi connectivity index (χ0) is 7.11. The van der Waals surface area contributed by atoms with Crippen LogP contribution in [0.25, 0.3) is 0 Å². The summed E-state index contributed by atoms with van der Waals surface area (Å²) in [4.78, 5) is 0. The summed E-state index contributed by atoms with van der Waals surface area (Å²) in [5.41, 5.74) is 0. The van der Waals surface area contributed by atoms with Gasteiger partial charge in [-0.1, -0.05) is 27.2 Å². The minimum absolute atomic E-state index is 0.833. The molecule has 0 atom stereocenters. The van der Waals surface area contributed by atoms with Gasteiger partial charge in [0.15, 0.2) is 0 Å². The van der Waals surface area contributed by atoms with Gasteiger partial charge in [0.1, 0.15) is 0 Å². The maximum absolute atomic E-state index is 5.30. The Bertz CT molecular complexity index is 50.5. The summed E-state index contributed by atoms with van der Waals surface area (Å²) < 4.78 is 5.30. The molecule has 0 unspecified atom stereocenters. The van der Waals surface area contributed by atoms with Gasteiger partial charge in [-0.15, -0.1) is 0 Å². The van der Waals surface area contributed by atoms with E-state index in [1.54, 1.807) is 0 Å². The molecule has 0 aromatic rings. The van der Waals surface area contributed by atoms with Crippen LogP contribution in [0.5, 0.6) is 0 Å². The lowest BCUT2D eigenvalue weighted by Crippen LogP contribution is -2.00. The smallest absolute Gasteiger partial charge is 0.0523 e. The normalized spacial score (nSPS) is 10.7. The van der Waals surface area contributed by atoms with E-state index in [-0.39, 0.29) is 0 Å². The largest absolute Gasteiger partial charge is 0.381 e. The third kappa shape index (κ3) is 7.96. The van der Waals surface area contributed by atoms with Gasteiger partial charge in [0, 0.05) is 6.61 Å². The maximum Gasteiger partial charge on any atom is 0.0523 e. The molecular weight excluding hydrogens is 112 g/mol. The van der Waals surface area contributed by atoms with Crippen LogP contribution in [-0.2, 0) is 4.74 Å². The van der Waals surface area contributed by atoms with Crippen LogP contribution in [0.2, 0.25) is 0 Å². The maximum atomic E-state index is 5.30. The van der Waals surface area contributed by atoms with Crippen LogP contribution in [-0.4, -0.2) is 13.2 Å². The standard InChI is InChI=1S/C8H17O/c1-4-5-6-9-7-8(2)3/h4-7H2,1-3H3. The number of unbranched alkanes of at least 4 members (excludes halogenated alkanes) is 1. The lowest BCUT2D eigenvalue weighted by atomic mass is 10.2. The fourth-order valence-electron chi connectivity index (χ4n) is 0.523. The van der Waals surface area contributed by atoms with Gasteiger partial charge in [0.25, 0.3) is 0 Å². The molecule has 0 bridgehead atoms. The minimum Gasteiger partial charge on any atom is -0.381 e. The van der Waals surface area contributed by atoms with Crippen LogP contribution >= 0.6 is 0 Å². The molecule has 0 amide bonds. The minimum atomic E-state index is 0.833. The van der Waals surface area contributed by atoms with Crippen molar-refractivity contribution < 1.29 is 4.74 Å². The predicted octanol–water partition coefficient (Wildman–Crippen LogP) is 2.42. The highest BCUT2D eigenvalue weighted by Gasteiger charge is 1.91. The number of hydrogen-bond acceptors (Lipinski definition) is 1. The Morgan fingerprint density at radius 1 is 1.33 bits per heavy atom. The van der Waals surface area contributed by atoms with Crippen molar-refractivity contribution in [3.05, 3.63) is 5.92 Å². The van der Waals surface area contributed by atoms with Crippen molar-refractivity contribution in [1.29, 1.82) is 0 Å². The molecule has 0 spiro atoms. The Hall–Kier alpha value is -0.0400. The van der Waals surface area contributed by atoms with E-state index in [1.165, 1.54) is 18.8 Å². The summed E-state index contributed by atoms with van der Waals surface area (Å²) >= 11 is 0. The summed E-state index contributed by atoms with van der Waals surface area (Å²) in [6.45, 7) is 8.10. The highest BCUT2D eigenvalue weighted by molar-refractivity contribution is 4.74. The summed E-state index contributed by atoms with van der Waals surface area (Å²) in [6, 6.07) is 0. The molecule has 0 aliphatic carbocycles. The van der Waals surface area contributed by atoms with E-state index in [0.717, 1.165) is 13.2 Å². The van der Waals surface area contributed by atoms with E-state index < -0.39 is 0 Å². The van der Waals surface area contributed by atoms with Crippen molar-refractivity contribution in [2.45, 2.75) is 33.6 Å².